The zero-order valence-corrected chi connectivity index (χ0v) is 17.9. The zero-order chi connectivity index (χ0) is 19.6. The molecule has 0 aromatic heterocycles. The van der Waals surface area contributed by atoms with E-state index >= 15 is 0 Å². The van der Waals surface area contributed by atoms with Crippen molar-refractivity contribution in [3.63, 3.8) is 0 Å². The highest BCUT2D eigenvalue weighted by Crippen LogP contribution is 2.17. The van der Waals surface area contributed by atoms with Gasteiger partial charge in [-0.3, -0.25) is 9.89 Å². The van der Waals surface area contributed by atoms with E-state index in [0.29, 0.717) is 10.1 Å². The van der Waals surface area contributed by atoms with Gasteiger partial charge in [-0.15, -0.1) is 0 Å². The van der Waals surface area contributed by atoms with E-state index in [9.17, 15) is 0 Å². The molecule has 0 spiro atoms. The normalized spacial score (nSPS) is 21.5. The first-order valence-electron chi connectivity index (χ1n) is 10.2. The minimum atomic E-state index is 0.643. The Morgan fingerprint density at radius 2 is 1.86 bits per heavy atom. The predicted octanol–water partition coefficient (Wildman–Crippen LogP) is 5.87. The number of allylic oxidation sites excluding steroid dienone is 4. The number of thiocarbonyl (C=S) groups is 1. The van der Waals surface area contributed by atoms with Crippen LogP contribution in [0, 0.1) is 0 Å². The van der Waals surface area contributed by atoms with E-state index in [-0.39, 0.29) is 0 Å². The summed E-state index contributed by atoms with van der Waals surface area (Å²) < 4.78 is 0. The lowest BCUT2D eigenvalue weighted by Crippen LogP contribution is -2.44. The van der Waals surface area contributed by atoms with Gasteiger partial charge in [-0.05, 0) is 81.8 Å². The number of nitrogens with one attached hydrogen (secondary N) is 2. The lowest BCUT2D eigenvalue weighted by atomic mass is 10.1. The Morgan fingerprint density at radius 1 is 1.07 bits per heavy atom. The molecule has 1 aromatic carbocycles. The van der Waals surface area contributed by atoms with E-state index < -0.39 is 0 Å². The van der Waals surface area contributed by atoms with Gasteiger partial charge < -0.3 is 10.6 Å². The summed E-state index contributed by atoms with van der Waals surface area (Å²) in [5.74, 6) is 0.845. The van der Waals surface area contributed by atoms with Crippen molar-refractivity contribution >= 4 is 40.6 Å². The van der Waals surface area contributed by atoms with E-state index in [0.717, 1.165) is 37.6 Å². The summed E-state index contributed by atoms with van der Waals surface area (Å²) in [5.41, 5.74) is 2.16. The van der Waals surface area contributed by atoms with Crippen LogP contribution in [0.15, 0.2) is 53.2 Å². The summed E-state index contributed by atoms with van der Waals surface area (Å²) in [5, 5.41) is 8.17. The largest absolute Gasteiger partial charge is 0.332 e. The molecule has 1 aliphatic carbocycles. The second-order valence-corrected chi connectivity index (χ2v) is 7.98. The van der Waals surface area contributed by atoms with Crippen LogP contribution in [0.1, 0.15) is 51.4 Å². The Kier molecular flexibility index (Phi) is 8.37. The highest BCUT2D eigenvalue weighted by atomic mass is 35.5. The smallest absolute Gasteiger partial charge is 0.204 e. The first kappa shape index (κ1) is 20.9. The van der Waals surface area contributed by atoms with Gasteiger partial charge in [-0.1, -0.05) is 35.9 Å². The SMILES string of the molecule is S=C(Nc1cccc(Cl)c1)N1CCN=C1N/C1=C/CCCC/C=C/CCCC1. The maximum atomic E-state index is 6.08. The number of benzene rings is 1. The molecule has 150 valence electrons. The van der Waals surface area contributed by atoms with Crippen molar-refractivity contribution in [1.82, 2.24) is 10.2 Å². The fourth-order valence-electron chi connectivity index (χ4n) is 3.36. The molecule has 1 aromatic rings. The standard InChI is InChI=1S/C22H29ClN4S/c23-18-11-10-14-20(17-18)26-22(28)27-16-15-24-21(27)25-19-12-8-6-4-2-1-3-5-7-9-13-19/h1-2,10-11,13-14,17H,3-9,12,15-16H2,(H,24,25)(H,26,28)/b2-1+,19-13+. The Balaban J connectivity index is 1.60. The third-order valence-corrected chi connectivity index (χ3v) is 5.44. The van der Waals surface area contributed by atoms with Gasteiger partial charge in [0.15, 0.2) is 5.11 Å². The third-order valence-electron chi connectivity index (χ3n) is 4.88. The molecule has 2 N–H and O–H groups in total. The summed E-state index contributed by atoms with van der Waals surface area (Å²) in [6.07, 6.45) is 16.4. The number of rotatable bonds is 2. The predicted molar refractivity (Wildman–Crippen MR) is 124 cm³/mol. The van der Waals surface area contributed by atoms with E-state index in [1.165, 1.54) is 44.2 Å². The minimum absolute atomic E-state index is 0.643. The minimum Gasteiger partial charge on any atom is -0.332 e. The Bertz CT molecular complexity index is 757. The second-order valence-electron chi connectivity index (χ2n) is 7.15. The van der Waals surface area contributed by atoms with E-state index in [2.05, 4.69) is 33.9 Å². The molecule has 1 aliphatic heterocycles. The van der Waals surface area contributed by atoms with Gasteiger partial charge in [-0.2, -0.15) is 0 Å². The molecule has 1 heterocycles. The van der Waals surface area contributed by atoms with Crippen molar-refractivity contribution in [1.29, 1.82) is 0 Å². The van der Waals surface area contributed by atoms with Crippen LogP contribution in [0.4, 0.5) is 5.69 Å². The molecule has 0 bridgehead atoms. The highest BCUT2D eigenvalue weighted by molar-refractivity contribution is 7.80. The summed E-state index contributed by atoms with van der Waals surface area (Å²) in [7, 11) is 0. The van der Waals surface area contributed by atoms with Crippen LogP contribution >= 0.6 is 23.8 Å². The monoisotopic (exact) mass is 416 g/mol. The molecule has 0 fully saturated rings. The maximum absolute atomic E-state index is 6.08. The quantitative estimate of drug-likeness (QED) is 0.467. The Morgan fingerprint density at radius 3 is 2.68 bits per heavy atom. The molecule has 2 aliphatic rings. The number of hydrogen-bond donors (Lipinski definition) is 2. The van der Waals surface area contributed by atoms with Crippen molar-refractivity contribution < 1.29 is 0 Å². The van der Waals surface area contributed by atoms with Crippen molar-refractivity contribution in [2.45, 2.75) is 51.4 Å². The molecule has 28 heavy (non-hydrogen) atoms. The first-order chi connectivity index (χ1) is 13.7. The van der Waals surface area contributed by atoms with Gasteiger partial charge in [0.25, 0.3) is 0 Å². The second kappa shape index (κ2) is 11.2. The average molecular weight is 417 g/mol. The summed E-state index contributed by atoms with van der Waals surface area (Å²) >= 11 is 11.7. The van der Waals surface area contributed by atoms with Gasteiger partial charge in [-0.25, -0.2) is 0 Å². The van der Waals surface area contributed by atoms with Crippen LogP contribution < -0.4 is 10.6 Å². The number of anilines is 1. The van der Waals surface area contributed by atoms with Crippen molar-refractivity contribution in [2.24, 2.45) is 4.99 Å². The summed E-state index contributed by atoms with van der Waals surface area (Å²) in [6.45, 7) is 1.53. The topological polar surface area (TPSA) is 39.7 Å². The molecule has 0 unspecified atom stereocenters. The number of hydrogen-bond acceptors (Lipinski definition) is 3. The molecule has 0 atom stereocenters. The van der Waals surface area contributed by atoms with Gasteiger partial charge in [0.2, 0.25) is 5.96 Å². The Labute approximate surface area is 178 Å². The van der Waals surface area contributed by atoms with Gasteiger partial charge >= 0.3 is 0 Å². The van der Waals surface area contributed by atoms with Crippen LogP contribution in [0.3, 0.4) is 0 Å². The molecule has 0 radical (unpaired) electrons. The molecule has 0 saturated heterocycles. The molecule has 4 nitrogen and oxygen atoms in total. The average Bonchev–Trinajstić information content (AvgIpc) is 3.12. The summed E-state index contributed by atoms with van der Waals surface area (Å²) in [4.78, 5) is 6.68. The fourth-order valence-corrected chi connectivity index (χ4v) is 3.85. The van der Waals surface area contributed by atoms with Crippen LogP contribution in [0.5, 0.6) is 0 Å². The van der Waals surface area contributed by atoms with Gasteiger partial charge in [0.1, 0.15) is 0 Å². The molecule has 0 saturated carbocycles. The number of aliphatic imine (C=N–C) groups is 1. The lowest BCUT2D eigenvalue weighted by Gasteiger charge is -2.24. The lowest BCUT2D eigenvalue weighted by molar-refractivity contribution is 0.643. The third kappa shape index (κ3) is 6.64. The first-order valence-corrected chi connectivity index (χ1v) is 11.0. The van der Waals surface area contributed by atoms with E-state index in [1.54, 1.807) is 0 Å². The van der Waals surface area contributed by atoms with Crippen LogP contribution in [0.25, 0.3) is 0 Å². The number of halogens is 1. The molecule has 0 amide bonds. The number of guanidine groups is 1. The van der Waals surface area contributed by atoms with Crippen molar-refractivity contribution in [3.05, 3.63) is 53.2 Å². The van der Waals surface area contributed by atoms with E-state index in [4.69, 9.17) is 23.8 Å². The van der Waals surface area contributed by atoms with Crippen LogP contribution in [-0.4, -0.2) is 29.1 Å². The zero-order valence-electron chi connectivity index (χ0n) is 16.3. The van der Waals surface area contributed by atoms with Crippen molar-refractivity contribution in [2.75, 3.05) is 18.4 Å². The van der Waals surface area contributed by atoms with Crippen LogP contribution in [0.2, 0.25) is 5.02 Å². The van der Waals surface area contributed by atoms with Crippen molar-refractivity contribution in [3.8, 4) is 0 Å². The maximum Gasteiger partial charge on any atom is 0.204 e. The summed E-state index contributed by atoms with van der Waals surface area (Å²) in [6, 6.07) is 7.60. The van der Waals surface area contributed by atoms with E-state index in [1.807, 2.05) is 29.2 Å². The molecular weight excluding hydrogens is 388 g/mol. The Hall–Kier alpha value is -1.85. The number of nitrogens with zero attached hydrogens (tertiary/aromatic N) is 2. The van der Waals surface area contributed by atoms with Gasteiger partial charge in [0, 0.05) is 23.0 Å². The molecular formula is C22H29ClN4S. The fraction of sp³-hybridized carbons (Fsp3) is 0.455. The molecule has 3 rings (SSSR count). The highest BCUT2D eigenvalue weighted by Gasteiger charge is 2.21. The van der Waals surface area contributed by atoms with Crippen LogP contribution in [-0.2, 0) is 0 Å². The molecule has 6 heteroatoms. The van der Waals surface area contributed by atoms with Gasteiger partial charge in [0.05, 0.1) is 6.54 Å².